The van der Waals surface area contributed by atoms with Gasteiger partial charge >= 0.3 is 0 Å². The zero-order valence-corrected chi connectivity index (χ0v) is 13.6. The maximum Gasteiger partial charge on any atom is 0.271 e. The molecule has 1 aromatic heterocycles. The van der Waals surface area contributed by atoms with Crippen molar-refractivity contribution >= 4 is 15.7 Å². The van der Waals surface area contributed by atoms with Crippen LogP contribution in [0.1, 0.15) is 21.6 Å². The molecule has 2 aromatic rings. The lowest BCUT2D eigenvalue weighted by Gasteiger charge is -2.07. The molecule has 120 valence electrons. The van der Waals surface area contributed by atoms with E-state index >= 15 is 0 Å². The first-order chi connectivity index (χ1) is 10.8. The molecule has 0 saturated carbocycles. The van der Waals surface area contributed by atoms with Crippen LogP contribution in [0.5, 0.6) is 0 Å². The summed E-state index contributed by atoms with van der Waals surface area (Å²) in [5.41, 5.74) is 3.46. The first-order valence-electron chi connectivity index (χ1n) is 7.19. The van der Waals surface area contributed by atoms with E-state index in [0.29, 0.717) is 5.82 Å². The molecule has 1 aromatic carbocycles. The second kappa shape index (κ2) is 5.66. The highest BCUT2D eigenvalue weighted by atomic mass is 32.2. The second-order valence-electron chi connectivity index (χ2n) is 5.67. The summed E-state index contributed by atoms with van der Waals surface area (Å²) >= 11 is 0. The number of nitrogens with zero attached hydrogens (tertiary/aromatic N) is 1. The Morgan fingerprint density at radius 3 is 2.74 bits per heavy atom. The first kappa shape index (κ1) is 15.5. The average Bonchev–Trinajstić information content (AvgIpc) is 3.09. The second-order valence-corrected chi connectivity index (χ2v) is 7.60. The number of carbonyl (C=O) groups excluding carboxylic acids is 1. The molecular formula is C16H17N3O3S. The van der Waals surface area contributed by atoms with Crippen molar-refractivity contribution < 1.29 is 13.2 Å². The summed E-state index contributed by atoms with van der Waals surface area (Å²) in [5.74, 6) is 0.101. The van der Waals surface area contributed by atoms with Crippen LogP contribution in [0.2, 0.25) is 0 Å². The monoisotopic (exact) mass is 331 g/mol. The summed E-state index contributed by atoms with van der Waals surface area (Å²) in [4.78, 5) is 19.4. The van der Waals surface area contributed by atoms with Gasteiger partial charge in [0, 0.05) is 17.2 Å². The molecule has 1 unspecified atom stereocenters. The summed E-state index contributed by atoms with van der Waals surface area (Å²) in [7, 11) is -3.19. The molecular weight excluding hydrogens is 314 g/mol. The highest BCUT2D eigenvalue weighted by Gasteiger charge is 2.24. The molecule has 1 atom stereocenters. The minimum atomic E-state index is -3.19. The molecule has 3 rings (SSSR count). The van der Waals surface area contributed by atoms with Gasteiger partial charge in [0.05, 0.1) is 11.8 Å². The van der Waals surface area contributed by atoms with Crippen LogP contribution >= 0.6 is 0 Å². The average molecular weight is 331 g/mol. The molecule has 1 aliphatic heterocycles. The number of aromatic amines is 1. The number of H-pyrrole nitrogens is 1. The summed E-state index contributed by atoms with van der Waals surface area (Å²) < 4.78 is 22.7. The van der Waals surface area contributed by atoms with Gasteiger partial charge in [-0.1, -0.05) is 12.1 Å². The molecule has 0 fully saturated rings. The lowest BCUT2D eigenvalue weighted by Crippen LogP contribution is -2.35. The van der Waals surface area contributed by atoms with Crippen LogP contribution in [-0.4, -0.2) is 36.1 Å². The maximum atomic E-state index is 12.2. The summed E-state index contributed by atoms with van der Waals surface area (Å²) in [5, 5.41) is 3.78. The lowest BCUT2D eigenvalue weighted by atomic mass is 10.1. The first-order valence-corrected chi connectivity index (χ1v) is 8.90. The summed E-state index contributed by atoms with van der Waals surface area (Å²) in [6.45, 7) is 4.05. The van der Waals surface area contributed by atoms with Crippen molar-refractivity contribution in [2.24, 2.45) is 0 Å². The fraction of sp³-hybridized carbons (Fsp3) is 0.250. The number of rotatable bonds is 3. The van der Waals surface area contributed by atoms with Gasteiger partial charge in [-0.05, 0) is 37.1 Å². The molecule has 0 aliphatic carbocycles. The number of sulfone groups is 1. The molecule has 2 N–H and O–H groups in total. The zero-order chi connectivity index (χ0) is 16.6. The topological polar surface area (TPSA) is 91.9 Å². The van der Waals surface area contributed by atoms with Gasteiger partial charge < -0.3 is 10.3 Å². The van der Waals surface area contributed by atoms with E-state index in [1.165, 1.54) is 17.8 Å². The number of benzene rings is 1. The highest BCUT2D eigenvalue weighted by molar-refractivity contribution is 7.94. The zero-order valence-electron chi connectivity index (χ0n) is 12.8. The number of aromatic nitrogens is 2. The Kier molecular flexibility index (Phi) is 3.81. The molecule has 0 radical (unpaired) electrons. The fourth-order valence-electron chi connectivity index (χ4n) is 2.38. The normalized spacial score (nSPS) is 19.0. The Balaban J connectivity index is 1.75. The predicted molar refractivity (Wildman–Crippen MR) is 87.7 cm³/mol. The number of nitrogens with one attached hydrogen (secondary N) is 2. The summed E-state index contributed by atoms with van der Waals surface area (Å²) in [6.07, 6.45) is 3.00. The number of hydrogen-bond donors (Lipinski definition) is 2. The van der Waals surface area contributed by atoms with E-state index in [1.54, 1.807) is 0 Å². The van der Waals surface area contributed by atoms with Gasteiger partial charge in [-0.25, -0.2) is 13.4 Å². The third kappa shape index (κ3) is 3.34. The van der Waals surface area contributed by atoms with Crippen LogP contribution in [0.15, 0.2) is 35.9 Å². The van der Waals surface area contributed by atoms with Crippen molar-refractivity contribution in [2.45, 2.75) is 19.9 Å². The highest BCUT2D eigenvalue weighted by Crippen LogP contribution is 2.19. The number of imidazole rings is 1. The van der Waals surface area contributed by atoms with Gasteiger partial charge in [0.1, 0.15) is 11.5 Å². The van der Waals surface area contributed by atoms with Crippen LogP contribution < -0.4 is 5.32 Å². The van der Waals surface area contributed by atoms with Gasteiger partial charge in [-0.2, -0.15) is 0 Å². The van der Waals surface area contributed by atoms with E-state index in [4.69, 9.17) is 0 Å². The number of carbonyl (C=O) groups is 1. The van der Waals surface area contributed by atoms with E-state index in [9.17, 15) is 13.2 Å². The molecule has 6 nitrogen and oxygen atoms in total. The molecule has 0 saturated heterocycles. The standard InChI is InChI=1S/C16H17N3O3S/c1-10-3-4-12(7-11(10)2)15-17-8-14(19-15)16(20)18-13-5-6-23(21,22)9-13/h3-8,13H,9H2,1-2H3,(H,17,19)(H,18,20). The molecule has 0 spiro atoms. The number of aryl methyl sites for hydroxylation is 2. The van der Waals surface area contributed by atoms with Crippen molar-refractivity contribution in [3.05, 3.63) is 52.7 Å². The molecule has 1 aliphatic rings. The van der Waals surface area contributed by atoms with Gasteiger partial charge in [0.15, 0.2) is 9.84 Å². The van der Waals surface area contributed by atoms with Crippen LogP contribution in [0.4, 0.5) is 0 Å². The van der Waals surface area contributed by atoms with Crippen molar-refractivity contribution in [1.29, 1.82) is 0 Å². The Morgan fingerprint density at radius 1 is 1.30 bits per heavy atom. The van der Waals surface area contributed by atoms with Crippen LogP contribution in [0.3, 0.4) is 0 Å². The van der Waals surface area contributed by atoms with Gasteiger partial charge in [0.2, 0.25) is 0 Å². The van der Waals surface area contributed by atoms with E-state index in [1.807, 2.05) is 32.0 Å². The van der Waals surface area contributed by atoms with Gasteiger partial charge in [-0.3, -0.25) is 4.79 Å². The summed E-state index contributed by atoms with van der Waals surface area (Å²) in [6, 6.07) is 5.44. The van der Waals surface area contributed by atoms with E-state index < -0.39 is 21.8 Å². The Hall–Kier alpha value is -2.41. The Labute approximate surface area is 134 Å². The number of hydrogen-bond acceptors (Lipinski definition) is 4. The largest absolute Gasteiger partial charge is 0.344 e. The van der Waals surface area contributed by atoms with Crippen LogP contribution in [0.25, 0.3) is 11.4 Å². The Morgan fingerprint density at radius 2 is 2.09 bits per heavy atom. The predicted octanol–water partition coefficient (Wildman–Crippen LogP) is 1.73. The third-order valence-corrected chi connectivity index (χ3v) is 5.23. The molecule has 2 heterocycles. The van der Waals surface area contributed by atoms with Crippen molar-refractivity contribution in [1.82, 2.24) is 15.3 Å². The van der Waals surface area contributed by atoms with Gasteiger partial charge in [0.25, 0.3) is 5.91 Å². The fourth-order valence-corrected chi connectivity index (χ4v) is 3.62. The van der Waals surface area contributed by atoms with E-state index in [-0.39, 0.29) is 11.4 Å². The van der Waals surface area contributed by atoms with Crippen LogP contribution in [-0.2, 0) is 9.84 Å². The molecule has 7 heteroatoms. The quantitative estimate of drug-likeness (QED) is 0.896. The van der Waals surface area contributed by atoms with Crippen molar-refractivity contribution in [2.75, 3.05) is 5.75 Å². The van der Waals surface area contributed by atoms with Gasteiger partial charge in [-0.15, -0.1) is 0 Å². The maximum absolute atomic E-state index is 12.2. The van der Waals surface area contributed by atoms with Crippen molar-refractivity contribution in [3.8, 4) is 11.4 Å². The SMILES string of the molecule is Cc1ccc(-c2nc(C(=O)NC3C=CS(=O)(=O)C3)c[nH]2)cc1C. The van der Waals surface area contributed by atoms with E-state index in [2.05, 4.69) is 15.3 Å². The molecule has 1 amide bonds. The van der Waals surface area contributed by atoms with E-state index in [0.717, 1.165) is 16.5 Å². The smallest absolute Gasteiger partial charge is 0.271 e. The van der Waals surface area contributed by atoms with Crippen LogP contribution in [0, 0.1) is 13.8 Å². The molecule has 23 heavy (non-hydrogen) atoms. The number of amides is 1. The molecule has 0 bridgehead atoms. The minimum Gasteiger partial charge on any atom is -0.344 e. The Bertz CT molecular complexity index is 897. The third-order valence-electron chi connectivity index (χ3n) is 3.84. The lowest BCUT2D eigenvalue weighted by molar-refractivity contribution is 0.0943. The van der Waals surface area contributed by atoms with Crippen molar-refractivity contribution in [3.63, 3.8) is 0 Å². The minimum absolute atomic E-state index is 0.104.